The van der Waals surface area contributed by atoms with Gasteiger partial charge in [-0.1, -0.05) is 13.8 Å². The van der Waals surface area contributed by atoms with Crippen LogP contribution in [0.25, 0.3) is 0 Å². The highest BCUT2D eigenvalue weighted by Gasteiger charge is 2.34. The molecule has 0 aliphatic heterocycles. The van der Waals surface area contributed by atoms with Crippen LogP contribution in [0.1, 0.15) is 26.7 Å². The summed E-state index contributed by atoms with van der Waals surface area (Å²) >= 11 is 0. The molecule has 1 aromatic heterocycles. The van der Waals surface area contributed by atoms with E-state index in [1.54, 1.807) is 18.3 Å². The van der Waals surface area contributed by atoms with Crippen LogP contribution in [-0.4, -0.2) is 28.7 Å². The zero-order valence-electron chi connectivity index (χ0n) is 10.4. The molecular formula is C12H18N2O3. The van der Waals surface area contributed by atoms with Crippen LogP contribution in [0.2, 0.25) is 0 Å². The van der Waals surface area contributed by atoms with E-state index in [2.05, 4.69) is 10.3 Å². The van der Waals surface area contributed by atoms with E-state index in [0.29, 0.717) is 24.4 Å². The van der Waals surface area contributed by atoms with Crippen LogP contribution in [0, 0.1) is 0 Å². The van der Waals surface area contributed by atoms with Crippen molar-refractivity contribution in [3.05, 3.63) is 18.3 Å². The fourth-order valence-corrected chi connectivity index (χ4v) is 1.66. The summed E-state index contributed by atoms with van der Waals surface area (Å²) in [5.74, 6) is -0.389. The first kappa shape index (κ1) is 13.3. The molecule has 0 aliphatic rings. The highest BCUT2D eigenvalue weighted by Crippen LogP contribution is 2.24. The molecule has 94 valence electrons. The summed E-state index contributed by atoms with van der Waals surface area (Å²) in [7, 11) is 1.52. The third-order valence-electron chi connectivity index (χ3n) is 2.94. The van der Waals surface area contributed by atoms with Crippen molar-refractivity contribution >= 4 is 11.7 Å². The Balaban J connectivity index is 2.97. The van der Waals surface area contributed by atoms with E-state index in [9.17, 15) is 9.90 Å². The summed E-state index contributed by atoms with van der Waals surface area (Å²) in [6.07, 6.45) is 2.59. The second kappa shape index (κ2) is 5.52. The van der Waals surface area contributed by atoms with Crippen molar-refractivity contribution in [2.75, 3.05) is 12.4 Å². The summed E-state index contributed by atoms with van der Waals surface area (Å²) in [5.41, 5.74) is -0.241. The summed E-state index contributed by atoms with van der Waals surface area (Å²) in [6.45, 7) is 3.70. The largest absolute Gasteiger partial charge is 0.481 e. The van der Waals surface area contributed by atoms with Gasteiger partial charge in [-0.25, -0.2) is 9.78 Å². The molecule has 0 spiro atoms. The Hall–Kier alpha value is -1.78. The van der Waals surface area contributed by atoms with E-state index in [-0.39, 0.29) is 0 Å². The Morgan fingerprint density at radius 1 is 1.53 bits per heavy atom. The number of aromatic nitrogens is 1. The highest BCUT2D eigenvalue weighted by molar-refractivity contribution is 5.82. The Morgan fingerprint density at radius 2 is 2.18 bits per heavy atom. The quantitative estimate of drug-likeness (QED) is 0.794. The molecule has 0 bridgehead atoms. The molecule has 0 aliphatic carbocycles. The van der Waals surface area contributed by atoms with Gasteiger partial charge in [-0.15, -0.1) is 0 Å². The normalized spacial score (nSPS) is 11.0. The number of methoxy groups -OCH3 is 1. The zero-order chi connectivity index (χ0) is 12.9. The number of pyridine rings is 1. The Kier molecular flexibility index (Phi) is 4.31. The van der Waals surface area contributed by atoms with Crippen LogP contribution >= 0.6 is 0 Å². The number of carboxylic acid groups (broad SMARTS) is 1. The number of carboxylic acids is 1. The van der Waals surface area contributed by atoms with Gasteiger partial charge >= 0.3 is 5.97 Å². The van der Waals surface area contributed by atoms with Gasteiger partial charge in [0.1, 0.15) is 5.54 Å². The van der Waals surface area contributed by atoms with Gasteiger partial charge in [0.05, 0.1) is 7.11 Å². The van der Waals surface area contributed by atoms with Crippen molar-refractivity contribution < 1.29 is 14.6 Å². The molecule has 1 rings (SSSR count). The van der Waals surface area contributed by atoms with Gasteiger partial charge in [0.25, 0.3) is 0 Å². The van der Waals surface area contributed by atoms with Crippen molar-refractivity contribution in [1.82, 2.24) is 4.98 Å². The van der Waals surface area contributed by atoms with Crippen LogP contribution in [0.3, 0.4) is 0 Å². The van der Waals surface area contributed by atoms with Crippen molar-refractivity contribution in [2.24, 2.45) is 0 Å². The maximum absolute atomic E-state index is 11.3. The van der Waals surface area contributed by atoms with Gasteiger partial charge in [0.15, 0.2) is 0 Å². The summed E-state index contributed by atoms with van der Waals surface area (Å²) in [5, 5.41) is 12.3. The molecule has 0 fully saturated rings. The minimum atomic E-state index is -0.938. The molecule has 0 aromatic carbocycles. The first-order chi connectivity index (χ1) is 8.07. The molecular weight excluding hydrogens is 220 g/mol. The lowest BCUT2D eigenvalue weighted by Crippen LogP contribution is -2.45. The molecule has 2 N–H and O–H groups in total. The van der Waals surface area contributed by atoms with Crippen molar-refractivity contribution in [1.29, 1.82) is 0 Å². The van der Waals surface area contributed by atoms with Gasteiger partial charge in [-0.2, -0.15) is 0 Å². The average Bonchev–Trinajstić information content (AvgIpc) is 2.36. The van der Waals surface area contributed by atoms with Crippen LogP contribution in [0.4, 0.5) is 5.69 Å². The van der Waals surface area contributed by atoms with E-state index in [4.69, 9.17) is 4.74 Å². The minimum Gasteiger partial charge on any atom is -0.481 e. The summed E-state index contributed by atoms with van der Waals surface area (Å²) in [6, 6.07) is 3.41. The molecule has 0 unspecified atom stereocenters. The lowest BCUT2D eigenvalue weighted by atomic mass is 9.92. The summed E-state index contributed by atoms with van der Waals surface area (Å²) in [4.78, 5) is 15.3. The van der Waals surface area contributed by atoms with E-state index >= 15 is 0 Å². The molecule has 1 aromatic rings. The average molecular weight is 238 g/mol. The molecule has 0 amide bonds. The molecule has 0 radical (unpaired) electrons. The third kappa shape index (κ3) is 2.87. The fourth-order valence-electron chi connectivity index (χ4n) is 1.66. The van der Waals surface area contributed by atoms with E-state index in [1.165, 1.54) is 7.11 Å². The lowest BCUT2D eigenvalue weighted by Gasteiger charge is -2.29. The Bertz CT molecular complexity index is 389. The molecule has 5 heteroatoms. The number of anilines is 1. The number of nitrogens with zero attached hydrogens (tertiary/aromatic N) is 1. The second-order valence-corrected chi connectivity index (χ2v) is 3.81. The predicted octanol–water partition coefficient (Wildman–Crippen LogP) is 2.15. The smallest absolute Gasteiger partial charge is 0.329 e. The number of hydrogen-bond donors (Lipinski definition) is 2. The maximum atomic E-state index is 11.3. The Labute approximate surface area is 101 Å². The minimum absolute atomic E-state index is 0.460. The molecule has 0 saturated carbocycles. The van der Waals surface area contributed by atoms with Crippen molar-refractivity contribution in [3.8, 4) is 5.88 Å². The van der Waals surface area contributed by atoms with Crippen LogP contribution in [0.15, 0.2) is 18.3 Å². The van der Waals surface area contributed by atoms with Crippen LogP contribution < -0.4 is 10.1 Å². The van der Waals surface area contributed by atoms with Crippen molar-refractivity contribution in [3.63, 3.8) is 0 Å². The standard InChI is InChI=1S/C12H18N2O3/c1-4-12(5-2,11(15)16)14-9-6-7-13-10(8-9)17-3/h6-8H,4-5H2,1-3H3,(H,13,14)(H,15,16). The number of hydrogen-bond acceptors (Lipinski definition) is 4. The molecule has 1 heterocycles. The van der Waals surface area contributed by atoms with Crippen molar-refractivity contribution in [2.45, 2.75) is 32.2 Å². The summed E-state index contributed by atoms with van der Waals surface area (Å²) < 4.78 is 5.00. The zero-order valence-corrected chi connectivity index (χ0v) is 10.4. The van der Waals surface area contributed by atoms with Gasteiger partial charge in [0.2, 0.25) is 5.88 Å². The first-order valence-electron chi connectivity index (χ1n) is 5.59. The predicted molar refractivity (Wildman–Crippen MR) is 65.4 cm³/mol. The number of rotatable bonds is 6. The monoisotopic (exact) mass is 238 g/mol. The second-order valence-electron chi connectivity index (χ2n) is 3.81. The first-order valence-corrected chi connectivity index (χ1v) is 5.59. The van der Waals surface area contributed by atoms with Gasteiger partial charge in [-0.3, -0.25) is 0 Å². The maximum Gasteiger partial charge on any atom is 0.329 e. The highest BCUT2D eigenvalue weighted by atomic mass is 16.5. The van der Waals surface area contributed by atoms with E-state index < -0.39 is 11.5 Å². The molecule has 0 atom stereocenters. The van der Waals surface area contributed by atoms with Gasteiger partial charge < -0.3 is 15.2 Å². The Morgan fingerprint density at radius 3 is 2.65 bits per heavy atom. The number of carbonyl (C=O) groups is 1. The van der Waals surface area contributed by atoms with Crippen LogP contribution in [-0.2, 0) is 4.79 Å². The third-order valence-corrected chi connectivity index (χ3v) is 2.94. The van der Waals surface area contributed by atoms with Gasteiger partial charge in [-0.05, 0) is 18.9 Å². The molecule has 17 heavy (non-hydrogen) atoms. The van der Waals surface area contributed by atoms with Gasteiger partial charge in [0, 0.05) is 18.0 Å². The SMILES string of the molecule is CCC(CC)(Nc1ccnc(OC)c1)C(=O)O. The molecule has 0 saturated heterocycles. The lowest BCUT2D eigenvalue weighted by molar-refractivity contribution is -0.142. The fraction of sp³-hybridized carbons (Fsp3) is 0.500. The topological polar surface area (TPSA) is 71.5 Å². The molecule has 5 nitrogen and oxygen atoms in total. The van der Waals surface area contributed by atoms with E-state index in [1.807, 2.05) is 13.8 Å². The number of aliphatic carboxylic acids is 1. The number of ether oxygens (including phenoxy) is 1. The number of nitrogens with one attached hydrogen (secondary N) is 1. The van der Waals surface area contributed by atoms with Crippen LogP contribution in [0.5, 0.6) is 5.88 Å². The van der Waals surface area contributed by atoms with E-state index in [0.717, 1.165) is 0 Å².